The number of carbonyl (C=O) groups excluding carboxylic acids is 2. The molecule has 2 N–H and O–H groups in total. The Bertz CT molecular complexity index is 1380. The molecule has 0 unspecified atom stereocenters. The third-order valence-corrected chi connectivity index (χ3v) is 8.66. The number of benzene rings is 3. The van der Waals surface area contributed by atoms with Gasteiger partial charge in [0, 0.05) is 21.7 Å². The lowest BCUT2D eigenvalue weighted by molar-refractivity contribution is 0.0896. The Balaban J connectivity index is 1.19. The number of carbonyl (C=O) groups is 2. The van der Waals surface area contributed by atoms with Gasteiger partial charge >= 0.3 is 0 Å². The Morgan fingerprint density at radius 1 is 0.927 bits per heavy atom. The lowest BCUT2D eigenvalue weighted by Gasteiger charge is -2.40. The molecule has 41 heavy (non-hydrogen) atoms. The second-order valence-electron chi connectivity index (χ2n) is 11.1. The smallest absolute Gasteiger partial charge is 0.273 e. The SMILES string of the molecule is Cc1ccc(/C=N/NC(=O)c2cc(I)ccc2NC(=O)c2cccc(CN3CCC(N4CCCCC4)CC3)c2)cc1. The number of hydrogen-bond donors (Lipinski definition) is 2. The molecule has 5 rings (SSSR count). The lowest BCUT2D eigenvalue weighted by Crippen LogP contribution is -2.46. The number of rotatable bonds is 8. The molecule has 2 heterocycles. The van der Waals surface area contributed by atoms with Crippen LogP contribution >= 0.6 is 22.6 Å². The number of anilines is 1. The summed E-state index contributed by atoms with van der Waals surface area (Å²) >= 11 is 2.16. The number of amides is 2. The molecule has 3 aromatic rings. The van der Waals surface area contributed by atoms with E-state index in [1.54, 1.807) is 18.3 Å². The van der Waals surface area contributed by atoms with Gasteiger partial charge in [-0.3, -0.25) is 14.5 Å². The summed E-state index contributed by atoms with van der Waals surface area (Å²) in [6.07, 6.45) is 8.09. The fourth-order valence-corrected chi connectivity index (χ4v) is 6.17. The van der Waals surface area contributed by atoms with Crippen LogP contribution in [0.2, 0.25) is 0 Å². The Morgan fingerprint density at radius 2 is 1.68 bits per heavy atom. The van der Waals surface area contributed by atoms with Crippen LogP contribution in [0.4, 0.5) is 5.69 Å². The molecular formula is C33H38IN5O2. The van der Waals surface area contributed by atoms with Gasteiger partial charge in [-0.05, 0) is 123 Å². The van der Waals surface area contributed by atoms with E-state index in [1.165, 1.54) is 45.2 Å². The van der Waals surface area contributed by atoms with Gasteiger partial charge in [-0.25, -0.2) is 5.43 Å². The molecule has 2 fully saturated rings. The van der Waals surface area contributed by atoms with Gasteiger partial charge in [0.25, 0.3) is 11.8 Å². The first-order chi connectivity index (χ1) is 19.9. The Morgan fingerprint density at radius 3 is 2.44 bits per heavy atom. The van der Waals surface area contributed by atoms with Crippen molar-refractivity contribution in [2.45, 2.75) is 51.6 Å². The summed E-state index contributed by atoms with van der Waals surface area (Å²) in [6.45, 7) is 7.55. The molecule has 2 amide bonds. The van der Waals surface area contributed by atoms with Gasteiger partial charge in [-0.15, -0.1) is 0 Å². The fourth-order valence-electron chi connectivity index (χ4n) is 5.68. The molecule has 2 saturated heterocycles. The van der Waals surface area contributed by atoms with Gasteiger partial charge in [-0.2, -0.15) is 5.10 Å². The highest BCUT2D eigenvalue weighted by molar-refractivity contribution is 14.1. The van der Waals surface area contributed by atoms with Crippen LogP contribution in [0, 0.1) is 10.5 Å². The van der Waals surface area contributed by atoms with Crippen molar-refractivity contribution in [1.29, 1.82) is 0 Å². The highest BCUT2D eigenvalue weighted by Gasteiger charge is 2.25. The van der Waals surface area contributed by atoms with Crippen LogP contribution in [-0.4, -0.2) is 60.0 Å². The first-order valence-electron chi connectivity index (χ1n) is 14.5. The van der Waals surface area contributed by atoms with E-state index in [9.17, 15) is 9.59 Å². The van der Waals surface area contributed by atoms with E-state index in [0.717, 1.165) is 45.9 Å². The van der Waals surface area contributed by atoms with E-state index in [4.69, 9.17) is 0 Å². The van der Waals surface area contributed by atoms with Gasteiger partial charge < -0.3 is 10.2 Å². The average Bonchev–Trinajstić information content (AvgIpc) is 3.00. The second kappa shape index (κ2) is 14.2. The predicted octanol–water partition coefficient (Wildman–Crippen LogP) is 6.07. The van der Waals surface area contributed by atoms with Crippen molar-refractivity contribution >= 4 is 46.3 Å². The zero-order valence-electron chi connectivity index (χ0n) is 23.6. The third-order valence-electron chi connectivity index (χ3n) is 7.99. The summed E-state index contributed by atoms with van der Waals surface area (Å²) in [5.74, 6) is -0.627. The minimum Gasteiger partial charge on any atom is -0.321 e. The molecule has 7 nitrogen and oxygen atoms in total. The number of halogens is 1. The normalized spacial score (nSPS) is 17.0. The molecule has 0 radical (unpaired) electrons. The summed E-state index contributed by atoms with van der Waals surface area (Å²) in [7, 11) is 0. The molecule has 2 aliphatic heterocycles. The Hall–Kier alpha value is -3.08. The molecule has 2 aliphatic rings. The first kappa shape index (κ1) is 29.4. The largest absolute Gasteiger partial charge is 0.321 e. The minimum atomic E-state index is -0.385. The molecular weight excluding hydrogens is 625 g/mol. The van der Waals surface area contributed by atoms with Gasteiger partial charge in [0.15, 0.2) is 0 Å². The van der Waals surface area contributed by atoms with E-state index < -0.39 is 0 Å². The van der Waals surface area contributed by atoms with Crippen molar-refractivity contribution in [2.75, 3.05) is 31.5 Å². The number of likely N-dealkylation sites (tertiary alicyclic amines) is 2. The summed E-state index contributed by atoms with van der Waals surface area (Å²) in [6, 6.07) is 21.8. The molecule has 3 aromatic carbocycles. The standard InChI is InChI=1S/C33H38IN5O2/c1-24-8-10-25(11-9-24)22-35-37-33(41)30-21-28(34)12-13-31(30)36-32(40)27-7-5-6-26(20-27)23-38-18-14-29(15-19-38)39-16-3-2-4-17-39/h5-13,20-22,29H,2-4,14-19,23H2,1H3,(H,36,40)(H,37,41)/b35-22+. The number of aryl methyl sites for hydroxylation is 1. The number of nitrogens with zero attached hydrogens (tertiary/aromatic N) is 3. The number of hydrogen-bond acceptors (Lipinski definition) is 5. The summed E-state index contributed by atoms with van der Waals surface area (Å²) in [4.78, 5) is 31.5. The molecule has 0 aromatic heterocycles. The quantitative estimate of drug-likeness (QED) is 0.175. The van der Waals surface area contributed by atoms with Crippen LogP contribution in [-0.2, 0) is 6.54 Å². The summed E-state index contributed by atoms with van der Waals surface area (Å²) in [5, 5.41) is 7.06. The Kier molecular flexibility index (Phi) is 10.2. The summed E-state index contributed by atoms with van der Waals surface area (Å²) < 4.78 is 0.888. The first-order valence-corrected chi connectivity index (χ1v) is 15.6. The van der Waals surface area contributed by atoms with Crippen LogP contribution < -0.4 is 10.7 Å². The van der Waals surface area contributed by atoms with E-state index in [0.29, 0.717) is 16.8 Å². The van der Waals surface area contributed by atoms with Crippen LogP contribution in [0.3, 0.4) is 0 Å². The Labute approximate surface area is 256 Å². The summed E-state index contributed by atoms with van der Waals surface area (Å²) in [5.41, 5.74) is 7.14. The van der Waals surface area contributed by atoms with E-state index >= 15 is 0 Å². The van der Waals surface area contributed by atoms with Crippen molar-refractivity contribution in [1.82, 2.24) is 15.2 Å². The zero-order chi connectivity index (χ0) is 28.6. The predicted molar refractivity (Wildman–Crippen MR) is 174 cm³/mol. The molecule has 0 spiro atoms. The van der Waals surface area contributed by atoms with Crippen molar-refractivity contribution in [3.8, 4) is 0 Å². The van der Waals surface area contributed by atoms with Crippen LogP contribution in [0.5, 0.6) is 0 Å². The maximum Gasteiger partial charge on any atom is 0.273 e. The van der Waals surface area contributed by atoms with E-state index in [1.807, 2.05) is 55.5 Å². The molecule has 0 bridgehead atoms. The van der Waals surface area contributed by atoms with Crippen molar-refractivity contribution < 1.29 is 9.59 Å². The lowest BCUT2D eigenvalue weighted by atomic mass is 9.99. The van der Waals surface area contributed by atoms with Gasteiger partial charge in [0.05, 0.1) is 17.5 Å². The van der Waals surface area contributed by atoms with E-state index in [-0.39, 0.29) is 11.8 Å². The average molecular weight is 664 g/mol. The fraction of sp³-hybridized carbons (Fsp3) is 0.364. The number of nitrogens with one attached hydrogen (secondary N) is 2. The monoisotopic (exact) mass is 663 g/mol. The van der Waals surface area contributed by atoms with Crippen LogP contribution in [0.15, 0.2) is 71.8 Å². The van der Waals surface area contributed by atoms with Gasteiger partial charge in [0.1, 0.15) is 0 Å². The third kappa shape index (κ3) is 8.24. The van der Waals surface area contributed by atoms with Gasteiger partial charge in [-0.1, -0.05) is 48.4 Å². The second-order valence-corrected chi connectivity index (χ2v) is 12.3. The zero-order valence-corrected chi connectivity index (χ0v) is 25.8. The molecule has 0 aliphatic carbocycles. The maximum atomic E-state index is 13.3. The highest BCUT2D eigenvalue weighted by Crippen LogP contribution is 2.23. The van der Waals surface area contributed by atoms with Crippen LogP contribution in [0.25, 0.3) is 0 Å². The highest BCUT2D eigenvalue weighted by atomic mass is 127. The molecule has 214 valence electrons. The van der Waals surface area contributed by atoms with Gasteiger partial charge in [0.2, 0.25) is 0 Å². The topological polar surface area (TPSA) is 77.0 Å². The molecule has 0 saturated carbocycles. The van der Waals surface area contributed by atoms with Crippen molar-refractivity contribution in [2.24, 2.45) is 5.10 Å². The number of piperidine rings is 2. The minimum absolute atomic E-state index is 0.242. The number of hydrazone groups is 1. The van der Waals surface area contributed by atoms with Crippen molar-refractivity contribution in [3.05, 3.63) is 98.1 Å². The molecule has 0 atom stereocenters. The van der Waals surface area contributed by atoms with Crippen LogP contribution in [0.1, 0.15) is 69.5 Å². The molecule has 8 heteroatoms. The van der Waals surface area contributed by atoms with E-state index in [2.05, 4.69) is 54.3 Å². The maximum absolute atomic E-state index is 13.3. The van der Waals surface area contributed by atoms with Crippen molar-refractivity contribution in [3.63, 3.8) is 0 Å².